The Bertz CT molecular complexity index is 1040. The zero-order valence-corrected chi connectivity index (χ0v) is 15.2. The second-order valence-corrected chi connectivity index (χ2v) is 6.03. The third-order valence-corrected chi connectivity index (χ3v) is 3.81. The number of ether oxygens (including phenoxy) is 2. The summed E-state index contributed by atoms with van der Waals surface area (Å²) in [6, 6.07) is 12.8. The Labute approximate surface area is 167 Å². The maximum atomic E-state index is 13.5. The summed E-state index contributed by atoms with van der Waals surface area (Å²) in [5.74, 6) is -2.68. The highest BCUT2D eigenvalue weighted by molar-refractivity contribution is 5.92. The van der Waals surface area contributed by atoms with Crippen LogP contribution >= 0.6 is 0 Å². The molecule has 3 aromatic rings. The SMILES string of the molecule is O=C(COc1ccccc1F)Nc1ccc(Oc2ccc(F)cc2)c(C(F)(F)F)c1. The van der Waals surface area contributed by atoms with E-state index in [1.807, 2.05) is 0 Å². The van der Waals surface area contributed by atoms with Crippen molar-refractivity contribution in [1.82, 2.24) is 0 Å². The van der Waals surface area contributed by atoms with Crippen LogP contribution in [-0.2, 0) is 11.0 Å². The number of para-hydroxylation sites is 1. The Kier molecular flexibility index (Phi) is 6.20. The number of carbonyl (C=O) groups excluding carboxylic acids is 1. The first-order chi connectivity index (χ1) is 14.2. The smallest absolute Gasteiger partial charge is 0.420 e. The number of anilines is 1. The van der Waals surface area contributed by atoms with Crippen LogP contribution in [0.15, 0.2) is 66.7 Å². The second kappa shape index (κ2) is 8.81. The predicted molar refractivity (Wildman–Crippen MR) is 98.4 cm³/mol. The summed E-state index contributed by atoms with van der Waals surface area (Å²) >= 11 is 0. The molecule has 0 radical (unpaired) electrons. The largest absolute Gasteiger partial charge is 0.481 e. The lowest BCUT2D eigenvalue weighted by Gasteiger charge is -2.16. The fourth-order valence-corrected chi connectivity index (χ4v) is 2.45. The highest BCUT2D eigenvalue weighted by atomic mass is 19.4. The number of hydrogen-bond acceptors (Lipinski definition) is 3. The first-order valence-electron chi connectivity index (χ1n) is 8.54. The van der Waals surface area contributed by atoms with E-state index in [1.165, 1.54) is 36.4 Å². The van der Waals surface area contributed by atoms with Crippen molar-refractivity contribution < 1.29 is 36.2 Å². The average molecular weight is 423 g/mol. The van der Waals surface area contributed by atoms with E-state index in [-0.39, 0.29) is 17.2 Å². The molecule has 4 nitrogen and oxygen atoms in total. The number of amides is 1. The summed E-state index contributed by atoms with van der Waals surface area (Å²) in [4.78, 5) is 12.0. The lowest BCUT2D eigenvalue weighted by Crippen LogP contribution is -2.21. The maximum absolute atomic E-state index is 13.5. The summed E-state index contributed by atoms with van der Waals surface area (Å²) in [6.45, 7) is -0.601. The van der Waals surface area contributed by atoms with Crippen LogP contribution in [0.25, 0.3) is 0 Å². The van der Waals surface area contributed by atoms with Crippen LogP contribution in [0.1, 0.15) is 5.56 Å². The van der Waals surface area contributed by atoms with Gasteiger partial charge in [-0.2, -0.15) is 13.2 Å². The molecule has 0 aliphatic carbocycles. The number of benzene rings is 3. The standard InChI is InChI=1S/C21H14F5NO3/c22-13-5-8-15(9-6-13)30-18-10-7-14(11-16(18)21(24,25)26)27-20(28)12-29-19-4-2-1-3-17(19)23/h1-11H,12H2,(H,27,28). The first-order valence-corrected chi connectivity index (χ1v) is 8.54. The molecule has 3 aromatic carbocycles. The Morgan fingerprint density at radius 3 is 2.27 bits per heavy atom. The molecule has 0 aliphatic rings. The van der Waals surface area contributed by atoms with Crippen LogP contribution in [0.2, 0.25) is 0 Å². The van der Waals surface area contributed by atoms with Crippen LogP contribution < -0.4 is 14.8 Å². The summed E-state index contributed by atoms with van der Waals surface area (Å²) in [5, 5.41) is 2.25. The van der Waals surface area contributed by atoms with Crippen molar-refractivity contribution in [2.75, 3.05) is 11.9 Å². The number of nitrogens with one attached hydrogen (secondary N) is 1. The van der Waals surface area contributed by atoms with Gasteiger partial charge in [0.1, 0.15) is 22.9 Å². The molecule has 3 rings (SSSR count). The van der Waals surface area contributed by atoms with Crippen LogP contribution in [0.4, 0.5) is 27.6 Å². The average Bonchev–Trinajstić information content (AvgIpc) is 2.69. The summed E-state index contributed by atoms with van der Waals surface area (Å²) < 4.78 is 76.9. The number of rotatable bonds is 6. The minimum absolute atomic E-state index is 0.0111. The van der Waals surface area contributed by atoms with Gasteiger partial charge in [-0.05, 0) is 54.6 Å². The Morgan fingerprint density at radius 1 is 0.900 bits per heavy atom. The number of halogens is 5. The molecule has 1 N–H and O–H groups in total. The fourth-order valence-electron chi connectivity index (χ4n) is 2.45. The lowest BCUT2D eigenvalue weighted by atomic mass is 10.1. The topological polar surface area (TPSA) is 47.6 Å². The van der Waals surface area contributed by atoms with Crippen molar-refractivity contribution in [2.24, 2.45) is 0 Å². The van der Waals surface area contributed by atoms with Crippen molar-refractivity contribution in [3.05, 3.63) is 83.9 Å². The third kappa shape index (κ3) is 5.47. The van der Waals surface area contributed by atoms with E-state index in [9.17, 15) is 26.7 Å². The summed E-state index contributed by atoms with van der Waals surface area (Å²) in [5.41, 5.74) is -1.30. The van der Waals surface area contributed by atoms with Crippen molar-refractivity contribution in [2.45, 2.75) is 6.18 Å². The monoisotopic (exact) mass is 423 g/mol. The van der Waals surface area contributed by atoms with Gasteiger partial charge in [-0.1, -0.05) is 12.1 Å². The van der Waals surface area contributed by atoms with E-state index in [1.54, 1.807) is 0 Å². The fraction of sp³-hybridized carbons (Fsp3) is 0.0952. The van der Waals surface area contributed by atoms with Gasteiger partial charge in [0.25, 0.3) is 5.91 Å². The Hall–Kier alpha value is -3.62. The van der Waals surface area contributed by atoms with Gasteiger partial charge in [-0.3, -0.25) is 4.79 Å². The number of carbonyl (C=O) groups is 1. The summed E-state index contributed by atoms with van der Waals surface area (Å²) in [6.07, 6.45) is -4.78. The molecular weight excluding hydrogens is 409 g/mol. The van der Waals surface area contributed by atoms with Gasteiger partial charge in [0.15, 0.2) is 18.2 Å². The molecule has 9 heteroatoms. The summed E-state index contributed by atoms with van der Waals surface area (Å²) in [7, 11) is 0. The van der Waals surface area contributed by atoms with Gasteiger partial charge < -0.3 is 14.8 Å². The molecule has 0 aliphatic heterocycles. The molecule has 0 aromatic heterocycles. The van der Waals surface area contributed by atoms with Crippen molar-refractivity contribution in [3.8, 4) is 17.2 Å². The molecule has 0 bridgehead atoms. The van der Waals surface area contributed by atoms with E-state index >= 15 is 0 Å². The number of alkyl halides is 3. The normalized spacial score (nSPS) is 11.1. The van der Waals surface area contributed by atoms with Gasteiger partial charge in [0, 0.05) is 5.69 Å². The van der Waals surface area contributed by atoms with E-state index < -0.39 is 41.6 Å². The van der Waals surface area contributed by atoms with Crippen molar-refractivity contribution >= 4 is 11.6 Å². The molecule has 0 heterocycles. The van der Waals surface area contributed by atoms with E-state index in [0.29, 0.717) is 6.07 Å². The zero-order valence-electron chi connectivity index (χ0n) is 15.2. The molecule has 0 saturated carbocycles. The van der Waals surface area contributed by atoms with E-state index in [2.05, 4.69) is 5.32 Å². The molecule has 0 atom stereocenters. The molecule has 156 valence electrons. The molecular formula is C21H14F5NO3. The molecule has 30 heavy (non-hydrogen) atoms. The lowest BCUT2D eigenvalue weighted by molar-refractivity contribution is -0.138. The van der Waals surface area contributed by atoms with Gasteiger partial charge in [0.2, 0.25) is 0 Å². The van der Waals surface area contributed by atoms with Crippen molar-refractivity contribution in [3.63, 3.8) is 0 Å². The van der Waals surface area contributed by atoms with Crippen LogP contribution in [0.3, 0.4) is 0 Å². The van der Waals surface area contributed by atoms with Gasteiger partial charge in [0.05, 0.1) is 0 Å². The van der Waals surface area contributed by atoms with Gasteiger partial charge in [-0.15, -0.1) is 0 Å². The van der Waals surface area contributed by atoms with E-state index in [0.717, 1.165) is 24.3 Å². The highest BCUT2D eigenvalue weighted by Crippen LogP contribution is 2.39. The molecule has 0 unspecified atom stereocenters. The van der Waals surface area contributed by atoms with Gasteiger partial charge >= 0.3 is 6.18 Å². The quantitative estimate of drug-likeness (QED) is 0.511. The number of hydrogen-bond donors (Lipinski definition) is 1. The predicted octanol–water partition coefficient (Wildman–Crippen LogP) is 5.79. The highest BCUT2D eigenvalue weighted by Gasteiger charge is 2.35. The van der Waals surface area contributed by atoms with Crippen LogP contribution in [0, 0.1) is 11.6 Å². The van der Waals surface area contributed by atoms with E-state index in [4.69, 9.17) is 9.47 Å². The zero-order chi connectivity index (χ0) is 21.7. The van der Waals surface area contributed by atoms with Crippen molar-refractivity contribution in [1.29, 1.82) is 0 Å². The second-order valence-electron chi connectivity index (χ2n) is 6.03. The molecule has 0 saturated heterocycles. The maximum Gasteiger partial charge on any atom is 0.420 e. The van der Waals surface area contributed by atoms with Crippen LogP contribution in [0.5, 0.6) is 17.2 Å². The van der Waals surface area contributed by atoms with Gasteiger partial charge in [-0.25, -0.2) is 8.78 Å². The molecule has 1 amide bonds. The third-order valence-electron chi connectivity index (χ3n) is 3.81. The van der Waals surface area contributed by atoms with Crippen LogP contribution in [-0.4, -0.2) is 12.5 Å². The minimum Gasteiger partial charge on any atom is -0.481 e. The molecule has 0 spiro atoms. The Balaban J connectivity index is 1.73. The molecule has 0 fully saturated rings. The Morgan fingerprint density at radius 2 is 1.60 bits per heavy atom. The minimum atomic E-state index is -4.78. The first kappa shape index (κ1) is 21.1.